The Balaban J connectivity index is 1.28. The van der Waals surface area contributed by atoms with Gasteiger partial charge in [0.15, 0.2) is 5.13 Å². The van der Waals surface area contributed by atoms with Crippen molar-refractivity contribution >= 4 is 42.7 Å². The van der Waals surface area contributed by atoms with Crippen molar-refractivity contribution in [3.63, 3.8) is 0 Å². The number of ether oxygens (including phenoxy) is 3. The third-order valence-corrected chi connectivity index (χ3v) is 8.53. The molecule has 2 saturated heterocycles. The Labute approximate surface area is 195 Å². The highest BCUT2D eigenvalue weighted by Gasteiger charge is 2.26. The number of sulfonamides is 1. The number of nitrogens with zero attached hydrogens (tertiary/aromatic N) is 3. The van der Waals surface area contributed by atoms with Crippen LogP contribution < -0.4 is 9.64 Å². The molecular weight excluding hydrogens is 466 g/mol. The Morgan fingerprint density at radius 1 is 0.939 bits per heavy atom. The molecule has 174 valence electrons. The molecule has 0 radical (unpaired) electrons. The molecule has 33 heavy (non-hydrogen) atoms. The first-order valence-corrected chi connectivity index (χ1v) is 12.9. The minimum Gasteiger partial charge on any atom is -0.423 e. The minimum absolute atomic E-state index is 0.141. The third kappa shape index (κ3) is 4.73. The number of carbonyl (C=O) groups is 1. The molecule has 0 atom stereocenters. The number of anilines is 1. The summed E-state index contributed by atoms with van der Waals surface area (Å²) in [6.07, 6.45) is 0. The molecule has 11 heteroatoms. The molecule has 0 saturated carbocycles. The van der Waals surface area contributed by atoms with E-state index in [-0.39, 0.29) is 10.5 Å². The molecule has 0 aliphatic carbocycles. The van der Waals surface area contributed by atoms with Crippen molar-refractivity contribution in [1.29, 1.82) is 0 Å². The van der Waals surface area contributed by atoms with Crippen LogP contribution in [0.1, 0.15) is 10.4 Å². The largest absolute Gasteiger partial charge is 0.423 e. The van der Waals surface area contributed by atoms with Crippen LogP contribution in [0.25, 0.3) is 10.2 Å². The minimum atomic E-state index is -3.61. The second-order valence-electron chi connectivity index (χ2n) is 7.66. The summed E-state index contributed by atoms with van der Waals surface area (Å²) in [4.78, 5) is 19.6. The summed E-state index contributed by atoms with van der Waals surface area (Å²) in [6.45, 7) is 4.37. The van der Waals surface area contributed by atoms with Crippen LogP contribution in [0.5, 0.6) is 5.75 Å². The van der Waals surface area contributed by atoms with Crippen molar-refractivity contribution in [2.24, 2.45) is 0 Å². The van der Waals surface area contributed by atoms with Gasteiger partial charge in [0.1, 0.15) is 5.75 Å². The Morgan fingerprint density at radius 2 is 1.61 bits per heavy atom. The van der Waals surface area contributed by atoms with E-state index in [0.29, 0.717) is 45.3 Å². The number of hydrogen-bond acceptors (Lipinski definition) is 9. The van der Waals surface area contributed by atoms with E-state index in [9.17, 15) is 13.2 Å². The number of hydrogen-bond donors (Lipinski definition) is 0. The average Bonchev–Trinajstić information content (AvgIpc) is 3.29. The average molecular weight is 490 g/mol. The number of morpholine rings is 2. The van der Waals surface area contributed by atoms with Crippen molar-refractivity contribution in [3.05, 3.63) is 48.0 Å². The monoisotopic (exact) mass is 489 g/mol. The second-order valence-corrected chi connectivity index (χ2v) is 10.6. The van der Waals surface area contributed by atoms with Crippen molar-refractivity contribution in [2.75, 3.05) is 57.5 Å². The first-order chi connectivity index (χ1) is 16.0. The van der Waals surface area contributed by atoms with E-state index in [1.54, 1.807) is 23.5 Å². The molecule has 5 rings (SSSR count). The van der Waals surface area contributed by atoms with Crippen LogP contribution in [0, 0.1) is 0 Å². The lowest BCUT2D eigenvalue weighted by Gasteiger charge is -2.26. The number of fused-ring (bicyclic) bond motifs is 1. The maximum absolute atomic E-state index is 12.7. The van der Waals surface area contributed by atoms with Crippen LogP contribution in [-0.2, 0) is 19.5 Å². The number of thiazole rings is 1. The Morgan fingerprint density at radius 3 is 2.30 bits per heavy atom. The van der Waals surface area contributed by atoms with E-state index >= 15 is 0 Å². The van der Waals surface area contributed by atoms with Gasteiger partial charge in [-0.1, -0.05) is 11.3 Å². The molecule has 0 spiro atoms. The fourth-order valence-electron chi connectivity index (χ4n) is 3.71. The predicted molar refractivity (Wildman–Crippen MR) is 124 cm³/mol. The van der Waals surface area contributed by atoms with Gasteiger partial charge >= 0.3 is 5.97 Å². The summed E-state index contributed by atoms with van der Waals surface area (Å²) in [5.74, 6) is -0.141. The number of esters is 1. The van der Waals surface area contributed by atoms with Gasteiger partial charge in [0.05, 0.1) is 47.1 Å². The molecular formula is C22H23N3O6S2. The second kappa shape index (κ2) is 9.35. The molecule has 0 N–H and O–H groups in total. The number of aromatic nitrogens is 1. The van der Waals surface area contributed by atoms with Crippen LogP contribution in [0.15, 0.2) is 47.4 Å². The third-order valence-electron chi connectivity index (χ3n) is 5.54. The van der Waals surface area contributed by atoms with E-state index in [2.05, 4.69) is 9.88 Å². The quantitative estimate of drug-likeness (QED) is 0.398. The SMILES string of the molecule is O=C(Oc1ccc2nc(N3CCOCC3)sc2c1)c1ccc(S(=O)(=O)N2CCOCC2)cc1. The molecule has 0 bridgehead atoms. The van der Waals surface area contributed by atoms with Gasteiger partial charge in [-0.2, -0.15) is 4.31 Å². The van der Waals surface area contributed by atoms with Crippen LogP contribution in [0.2, 0.25) is 0 Å². The summed E-state index contributed by atoms with van der Waals surface area (Å²) >= 11 is 1.55. The molecule has 2 aliphatic rings. The van der Waals surface area contributed by atoms with Crippen molar-refractivity contribution in [1.82, 2.24) is 9.29 Å². The maximum Gasteiger partial charge on any atom is 0.343 e. The van der Waals surface area contributed by atoms with E-state index in [1.807, 2.05) is 6.07 Å². The summed E-state index contributed by atoms with van der Waals surface area (Å²) in [6, 6.07) is 11.1. The van der Waals surface area contributed by atoms with Crippen molar-refractivity contribution in [2.45, 2.75) is 4.90 Å². The molecule has 2 aliphatic heterocycles. The number of rotatable bonds is 5. The predicted octanol–water partition coefficient (Wildman–Crippen LogP) is 2.37. The van der Waals surface area contributed by atoms with Gasteiger partial charge in [-0.15, -0.1) is 0 Å². The van der Waals surface area contributed by atoms with Gasteiger partial charge < -0.3 is 19.1 Å². The highest BCUT2D eigenvalue weighted by Crippen LogP contribution is 2.32. The fraction of sp³-hybridized carbons (Fsp3) is 0.364. The van der Waals surface area contributed by atoms with Gasteiger partial charge in [0.2, 0.25) is 10.0 Å². The molecule has 3 aromatic rings. The highest BCUT2D eigenvalue weighted by atomic mass is 32.2. The summed E-state index contributed by atoms with van der Waals surface area (Å²) in [5.41, 5.74) is 1.12. The molecule has 0 unspecified atom stereocenters. The maximum atomic E-state index is 12.7. The van der Waals surface area contributed by atoms with Crippen LogP contribution in [0.4, 0.5) is 5.13 Å². The first-order valence-electron chi connectivity index (χ1n) is 10.6. The molecule has 0 amide bonds. The Hall–Kier alpha value is -2.57. The van der Waals surface area contributed by atoms with Crippen LogP contribution in [0.3, 0.4) is 0 Å². The first kappa shape index (κ1) is 22.2. The zero-order valence-corrected chi connectivity index (χ0v) is 19.4. The normalized spacial score (nSPS) is 17.9. The van der Waals surface area contributed by atoms with E-state index in [1.165, 1.54) is 28.6 Å². The topological polar surface area (TPSA) is 98.3 Å². The van der Waals surface area contributed by atoms with Gasteiger partial charge in [0.25, 0.3) is 0 Å². The molecule has 2 aromatic carbocycles. The summed E-state index contributed by atoms with van der Waals surface area (Å²) < 4.78 is 43.9. The standard InChI is InChI=1S/C22H23N3O6S2/c26-21(16-1-4-18(5-2-16)33(27,28)25-9-13-30-14-10-25)31-17-3-6-19-20(15-17)32-22(23-19)24-7-11-29-12-8-24/h1-6,15H,7-14H2. The molecule has 1 aromatic heterocycles. The lowest BCUT2D eigenvalue weighted by atomic mass is 10.2. The van der Waals surface area contributed by atoms with Gasteiger partial charge in [0, 0.05) is 32.2 Å². The Bertz CT molecular complexity index is 1250. The number of carbonyl (C=O) groups excluding carboxylic acids is 1. The lowest BCUT2D eigenvalue weighted by Crippen LogP contribution is -2.40. The van der Waals surface area contributed by atoms with E-state index < -0.39 is 16.0 Å². The number of benzene rings is 2. The highest BCUT2D eigenvalue weighted by molar-refractivity contribution is 7.89. The van der Waals surface area contributed by atoms with E-state index in [0.717, 1.165) is 28.4 Å². The Kier molecular flexibility index (Phi) is 6.30. The van der Waals surface area contributed by atoms with Gasteiger partial charge in [-0.25, -0.2) is 18.2 Å². The molecule has 9 nitrogen and oxygen atoms in total. The molecule has 2 fully saturated rings. The fourth-order valence-corrected chi connectivity index (χ4v) is 6.16. The van der Waals surface area contributed by atoms with Gasteiger partial charge in [-0.05, 0) is 36.4 Å². The summed E-state index contributed by atoms with van der Waals surface area (Å²) in [5, 5.41) is 0.925. The zero-order valence-electron chi connectivity index (χ0n) is 17.8. The smallest absolute Gasteiger partial charge is 0.343 e. The lowest BCUT2D eigenvalue weighted by molar-refractivity contribution is 0.0730. The van der Waals surface area contributed by atoms with Crippen LogP contribution in [-0.4, -0.2) is 76.3 Å². The summed E-state index contributed by atoms with van der Waals surface area (Å²) in [7, 11) is -3.61. The zero-order chi connectivity index (χ0) is 22.8. The van der Waals surface area contributed by atoms with Gasteiger partial charge in [-0.3, -0.25) is 0 Å². The van der Waals surface area contributed by atoms with E-state index in [4.69, 9.17) is 14.2 Å². The van der Waals surface area contributed by atoms with Crippen molar-refractivity contribution in [3.8, 4) is 5.75 Å². The van der Waals surface area contributed by atoms with Crippen LogP contribution >= 0.6 is 11.3 Å². The molecule has 3 heterocycles. The van der Waals surface area contributed by atoms with Crippen molar-refractivity contribution < 1.29 is 27.4 Å².